The van der Waals surface area contributed by atoms with Gasteiger partial charge in [0.15, 0.2) is 0 Å². The fraction of sp³-hybridized carbons (Fsp3) is 0.360. The van der Waals surface area contributed by atoms with Crippen molar-refractivity contribution >= 4 is 17.4 Å². The lowest BCUT2D eigenvalue weighted by molar-refractivity contribution is 0.414. The molecule has 0 aliphatic carbocycles. The minimum Gasteiger partial charge on any atom is -0.497 e. The van der Waals surface area contributed by atoms with E-state index in [0.29, 0.717) is 17.4 Å². The molecule has 1 atom stereocenters. The van der Waals surface area contributed by atoms with Crippen LogP contribution in [-0.4, -0.2) is 17.1 Å². The molecule has 1 N–H and O–H groups in total. The van der Waals surface area contributed by atoms with E-state index in [4.69, 9.17) is 21.3 Å². The predicted molar refractivity (Wildman–Crippen MR) is 125 cm³/mol. The summed E-state index contributed by atoms with van der Waals surface area (Å²) in [4.78, 5) is 9.31. The van der Waals surface area contributed by atoms with Gasteiger partial charge in [-0.25, -0.2) is 9.97 Å². The Morgan fingerprint density at radius 2 is 1.80 bits per heavy atom. The predicted octanol–water partition coefficient (Wildman–Crippen LogP) is 6.44. The number of halogens is 1. The van der Waals surface area contributed by atoms with E-state index in [1.165, 1.54) is 11.1 Å². The highest BCUT2D eigenvalue weighted by molar-refractivity contribution is 6.32. The summed E-state index contributed by atoms with van der Waals surface area (Å²) >= 11 is 6.37. The second-order valence-corrected chi connectivity index (χ2v) is 7.92. The summed E-state index contributed by atoms with van der Waals surface area (Å²) in [6.45, 7) is 5.01. The molecule has 158 valence electrons. The Kier molecular flexibility index (Phi) is 8.09. The van der Waals surface area contributed by atoms with E-state index in [1.54, 1.807) is 13.3 Å². The van der Waals surface area contributed by atoms with Gasteiger partial charge in [0, 0.05) is 12.5 Å². The minimum absolute atomic E-state index is 0.247. The number of aryl methyl sites for hydroxylation is 1. The van der Waals surface area contributed by atoms with Gasteiger partial charge in [0.1, 0.15) is 22.4 Å². The number of rotatable bonds is 10. The first kappa shape index (κ1) is 22.1. The highest BCUT2D eigenvalue weighted by Crippen LogP contribution is 2.26. The van der Waals surface area contributed by atoms with Gasteiger partial charge in [0.2, 0.25) is 0 Å². The summed E-state index contributed by atoms with van der Waals surface area (Å²) < 4.78 is 5.30. The number of benzene rings is 2. The Bertz CT molecular complexity index is 961. The topological polar surface area (TPSA) is 47.0 Å². The summed E-state index contributed by atoms with van der Waals surface area (Å²) in [6.07, 6.45) is 5.86. The number of hydrogen-bond donors (Lipinski definition) is 1. The molecule has 1 aromatic heterocycles. The van der Waals surface area contributed by atoms with Crippen LogP contribution in [0, 0.1) is 0 Å². The van der Waals surface area contributed by atoms with Crippen molar-refractivity contribution in [2.45, 2.75) is 52.0 Å². The van der Waals surface area contributed by atoms with E-state index in [0.717, 1.165) is 42.8 Å². The fourth-order valence-electron chi connectivity index (χ4n) is 3.57. The van der Waals surface area contributed by atoms with E-state index in [2.05, 4.69) is 48.4 Å². The standard InChI is InChI=1S/C25H30ClN3O/c1-4-8-18-9-6-10-19(13-18)14-21(5-2)24-28-17-23(26)25(29-24)27-16-20-11-7-12-22(15-20)30-3/h6-7,9-13,15,17,21H,4-5,8,14,16H2,1-3H3,(H,27,28,29). The molecular formula is C25H30ClN3O. The molecule has 0 radical (unpaired) electrons. The minimum atomic E-state index is 0.247. The van der Waals surface area contributed by atoms with E-state index in [1.807, 2.05) is 24.3 Å². The van der Waals surface area contributed by atoms with Gasteiger partial charge in [0.05, 0.1) is 13.3 Å². The molecule has 0 saturated carbocycles. The van der Waals surface area contributed by atoms with Gasteiger partial charge in [-0.05, 0) is 48.1 Å². The first-order valence-corrected chi connectivity index (χ1v) is 11.0. The largest absolute Gasteiger partial charge is 0.497 e. The molecule has 0 fully saturated rings. The third-order valence-electron chi connectivity index (χ3n) is 5.23. The maximum atomic E-state index is 6.37. The highest BCUT2D eigenvalue weighted by Gasteiger charge is 2.16. The van der Waals surface area contributed by atoms with Crippen LogP contribution in [0.5, 0.6) is 5.75 Å². The van der Waals surface area contributed by atoms with Crippen LogP contribution >= 0.6 is 11.6 Å². The van der Waals surface area contributed by atoms with Crippen LogP contribution in [0.2, 0.25) is 5.02 Å². The monoisotopic (exact) mass is 423 g/mol. The van der Waals surface area contributed by atoms with Crippen LogP contribution in [0.4, 0.5) is 5.82 Å². The Hall–Kier alpha value is -2.59. The van der Waals surface area contributed by atoms with Gasteiger partial charge < -0.3 is 10.1 Å². The molecule has 0 saturated heterocycles. The first-order valence-electron chi connectivity index (χ1n) is 10.6. The average Bonchev–Trinajstić information content (AvgIpc) is 2.77. The van der Waals surface area contributed by atoms with E-state index < -0.39 is 0 Å². The van der Waals surface area contributed by atoms with Crippen LogP contribution in [0.25, 0.3) is 0 Å². The van der Waals surface area contributed by atoms with Gasteiger partial charge in [-0.1, -0.05) is 68.3 Å². The lowest BCUT2D eigenvalue weighted by Gasteiger charge is -2.16. The van der Waals surface area contributed by atoms with Crippen LogP contribution in [0.3, 0.4) is 0 Å². The molecule has 5 heteroatoms. The van der Waals surface area contributed by atoms with E-state index >= 15 is 0 Å². The Morgan fingerprint density at radius 1 is 1.03 bits per heavy atom. The van der Waals surface area contributed by atoms with Gasteiger partial charge in [0.25, 0.3) is 0 Å². The highest BCUT2D eigenvalue weighted by atomic mass is 35.5. The number of ether oxygens (including phenoxy) is 1. The second-order valence-electron chi connectivity index (χ2n) is 7.51. The number of aromatic nitrogens is 2. The van der Waals surface area contributed by atoms with Gasteiger partial charge in [-0.3, -0.25) is 0 Å². The Morgan fingerprint density at radius 3 is 2.57 bits per heavy atom. The molecule has 0 bridgehead atoms. The number of anilines is 1. The van der Waals surface area contributed by atoms with Crippen molar-refractivity contribution in [3.63, 3.8) is 0 Å². The number of nitrogens with one attached hydrogen (secondary N) is 1. The maximum Gasteiger partial charge on any atom is 0.148 e. The molecular weight excluding hydrogens is 394 g/mol. The second kappa shape index (κ2) is 11.0. The molecule has 1 unspecified atom stereocenters. The number of hydrogen-bond acceptors (Lipinski definition) is 4. The van der Waals surface area contributed by atoms with Crippen LogP contribution in [-0.2, 0) is 19.4 Å². The summed E-state index contributed by atoms with van der Waals surface area (Å²) in [5, 5.41) is 3.88. The molecule has 0 spiro atoms. The van der Waals surface area contributed by atoms with Crippen molar-refractivity contribution < 1.29 is 4.74 Å². The summed E-state index contributed by atoms with van der Waals surface area (Å²) in [5.41, 5.74) is 3.82. The maximum absolute atomic E-state index is 6.37. The lowest BCUT2D eigenvalue weighted by Crippen LogP contribution is -2.10. The smallest absolute Gasteiger partial charge is 0.148 e. The molecule has 0 amide bonds. The first-order chi connectivity index (χ1) is 14.6. The average molecular weight is 424 g/mol. The molecule has 1 heterocycles. The summed E-state index contributed by atoms with van der Waals surface area (Å²) in [7, 11) is 1.67. The van der Waals surface area contributed by atoms with Gasteiger partial charge in [-0.2, -0.15) is 0 Å². The molecule has 0 aliphatic rings. The normalized spacial score (nSPS) is 11.9. The molecule has 3 rings (SSSR count). The molecule has 30 heavy (non-hydrogen) atoms. The summed E-state index contributed by atoms with van der Waals surface area (Å²) in [6, 6.07) is 16.8. The molecule has 0 aliphatic heterocycles. The molecule has 3 aromatic rings. The quantitative estimate of drug-likeness (QED) is 0.407. The van der Waals surface area contributed by atoms with Crippen LogP contribution in [0.1, 0.15) is 55.1 Å². The molecule has 4 nitrogen and oxygen atoms in total. The van der Waals surface area contributed by atoms with E-state index in [9.17, 15) is 0 Å². The lowest BCUT2D eigenvalue weighted by atomic mass is 9.94. The summed E-state index contributed by atoms with van der Waals surface area (Å²) in [5.74, 6) is 2.58. The van der Waals surface area contributed by atoms with Crippen molar-refractivity contribution in [3.8, 4) is 5.75 Å². The van der Waals surface area contributed by atoms with Crippen molar-refractivity contribution in [2.75, 3.05) is 12.4 Å². The van der Waals surface area contributed by atoms with Gasteiger partial charge >= 0.3 is 0 Å². The molecule has 2 aromatic carbocycles. The third kappa shape index (κ3) is 5.96. The number of nitrogens with zero attached hydrogens (tertiary/aromatic N) is 2. The zero-order valence-corrected chi connectivity index (χ0v) is 18.7. The van der Waals surface area contributed by atoms with Gasteiger partial charge in [-0.15, -0.1) is 0 Å². The third-order valence-corrected chi connectivity index (χ3v) is 5.50. The van der Waals surface area contributed by atoms with Crippen LogP contribution in [0.15, 0.2) is 54.7 Å². The zero-order chi connectivity index (χ0) is 21.3. The van der Waals surface area contributed by atoms with Crippen molar-refractivity contribution in [1.82, 2.24) is 9.97 Å². The SMILES string of the molecule is CCCc1cccc(CC(CC)c2ncc(Cl)c(NCc3cccc(OC)c3)n2)c1. The van der Waals surface area contributed by atoms with Crippen molar-refractivity contribution in [2.24, 2.45) is 0 Å². The van der Waals surface area contributed by atoms with Crippen molar-refractivity contribution in [1.29, 1.82) is 0 Å². The zero-order valence-electron chi connectivity index (χ0n) is 18.0. The van der Waals surface area contributed by atoms with Crippen molar-refractivity contribution in [3.05, 3.63) is 82.3 Å². The Balaban J connectivity index is 1.74. The van der Waals surface area contributed by atoms with Crippen LogP contribution < -0.4 is 10.1 Å². The van der Waals surface area contributed by atoms with E-state index in [-0.39, 0.29) is 5.92 Å². The fourth-order valence-corrected chi connectivity index (χ4v) is 3.73. The Labute approximate surface area is 184 Å². The number of methoxy groups -OCH3 is 1.